The van der Waals surface area contributed by atoms with Gasteiger partial charge in [-0.05, 0) is 37.1 Å². The number of hydrogen-bond donors (Lipinski definition) is 1. The van der Waals surface area contributed by atoms with Gasteiger partial charge >= 0.3 is 0 Å². The van der Waals surface area contributed by atoms with Crippen molar-refractivity contribution in [3.63, 3.8) is 0 Å². The van der Waals surface area contributed by atoms with Crippen molar-refractivity contribution in [1.29, 1.82) is 0 Å². The fourth-order valence-corrected chi connectivity index (χ4v) is 4.55. The molecule has 3 rings (SSSR count). The second kappa shape index (κ2) is 6.85. The average molecular weight is 383 g/mol. The van der Waals surface area contributed by atoms with E-state index in [1.54, 1.807) is 13.0 Å². The predicted octanol–water partition coefficient (Wildman–Crippen LogP) is 3.12. The molecule has 2 aromatic rings. The van der Waals surface area contributed by atoms with Crippen LogP contribution in [0.15, 0.2) is 35.2 Å². The highest BCUT2D eigenvalue weighted by atomic mass is 32.2. The molecule has 0 radical (unpaired) electrons. The van der Waals surface area contributed by atoms with E-state index in [1.165, 1.54) is 38.5 Å². The summed E-state index contributed by atoms with van der Waals surface area (Å²) in [6, 6.07) is 6.00. The molecule has 0 aromatic heterocycles. The molecule has 2 atom stereocenters. The molecule has 2 aromatic carbocycles. The molecule has 0 aliphatic heterocycles. The van der Waals surface area contributed by atoms with Crippen molar-refractivity contribution in [3.8, 4) is 11.5 Å². The third-order valence-corrected chi connectivity index (χ3v) is 6.07. The lowest BCUT2D eigenvalue weighted by Gasteiger charge is -2.14. The first kappa shape index (κ1) is 18.6. The average Bonchev–Trinajstić information content (AvgIpc) is 3.31. The Balaban J connectivity index is 1.85. The number of benzene rings is 2. The van der Waals surface area contributed by atoms with E-state index in [2.05, 4.69) is 4.72 Å². The molecule has 1 aliphatic rings. The Morgan fingerprint density at radius 3 is 2.23 bits per heavy atom. The third-order valence-electron chi connectivity index (χ3n) is 4.44. The van der Waals surface area contributed by atoms with Crippen LogP contribution in [0, 0.1) is 18.6 Å². The minimum Gasteiger partial charge on any atom is -0.493 e. The lowest BCUT2D eigenvalue weighted by molar-refractivity contribution is 0.353. The van der Waals surface area contributed by atoms with Crippen LogP contribution in [0.2, 0.25) is 0 Å². The first-order valence-corrected chi connectivity index (χ1v) is 9.45. The molecule has 0 saturated heterocycles. The van der Waals surface area contributed by atoms with E-state index in [4.69, 9.17) is 9.47 Å². The van der Waals surface area contributed by atoms with Crippen molar-refractivity contribution in [3.05, 3.63) is 53.1 Å². The van der Waals surface area contributed by atoms with Crippen LogP contribution >= 0.6 is 0 Å². The van der Waals surface area contributed by atoms with Crippen molar-refractivity contribution in [2.75, 3.05) is 14.2 Å². The van der Waals surface area contributed by atoms with E-state index in [9.17, 15) is 17.2 Å². The third kappa shape index (κ3) is 3.39. The monoisotopic (exact) mass is 383 g/mol. The predicted molar refractivity (Wildman–Crippen MR) is 92.1 cm³/mol. The standard InChI is InChI=1S/C18H19F2NO4S/c1-10-7-15(24-2)16(25-3)9-17(10)26(22,23)21-14-8-11(14)18-12(19)5-4-6-13(18)20/h4-7,9,11,14,21H,8H2,1-3H3/t11-,14-/m0/s1. The van der Waals surface area contributed by atoms with Gasteiger partial charge < -0.3 is 9.47 Å². The van der Waals surface area contributed by atoms with Gasteiger partial charge in [0.2, 0.25) is 10.0 Å². The SMILES string of the molecule is COc1cc(C)c(S(=O)(=O)N[C@H]2C[C@@H]2c2c(F)cccc2F)cc1OC. The van der Waals surface area contributed by atoms with E-state index in [1.807, 2.05) is 0 Å². The fourth-order valence-electron chi connectivity index (χ4n) is 3.02. The maximum atomic E-state index is 13.9. The quantitative estimate of drug-likeness (QED) is 0.833. The van der Waals surface area contributed by atoms with Crippen LogP contribution in [0.4, 0.5) is 8.78 Å². The molecule has 1 fully saturated rings. The second-order valence-corrected chi connectivity index (χ2v) is 7.86. The highest BCUT2D eigenvalue weighted by Gasteiger charge is 2.44. The van der Waals surface area contributed by atoms with E-state index < -0.39 is 33.6 Å². The smallest absolute Gasteiger partial charge is 0.241 e. The van der Waals surface area contributed by atoms with Crippen LogP contribution < -0.4 is 14.2 Å². The van der Waals surface area contributed by atoms with Gasteiger partial charge in [-0.25, -0.2) is 21.9 Å². The molecule has 1 saturated carbocycles. The minimum atomic E-state index is -3.88. The number of ether oxygens (including phenoxy) is 2. The van der Waals surface area contributed by atoms with Gasteiger partial charge in [0.1, 0.15) is 11.6 Å². The first-order valence-electron chi connectivity index (χ1n) is 7.97. The molecule has 26 heavy (non-hydrogen) atoms. The summed E-state index contributed by atoms with van der Waals surface area (Å²) in [5.41, 5.74) is 0.397. The zero-order chi connectivity index (χ0) is 19.1. The van der Waals surface area contributed by atoms with E-state index >= 15 is 0 Å². The summed E-state index contributed by atoms with van der Waals surface area (Å²) in [6.45, 7) is 1.64. The number of halogens is 2. The normalized spacial score (nSPS) is 19.3. The van der Waals surface area contributed by atoms with Gasteiger partial charge in [0.25, 0.3) is 0 Å². The van der Waals surface area contributed by atoms with Gasteiger partial charge in [0, 0.05) is 23.6 Å². The Labute approximate surface area is 151 Å². The van der Waals surface area contributed by atoms with Crippen molar-refractivity contribution >= 4 is 10.0 Å². The number of nitrogens with one attached hydrogen (secondary N) is 1. The van der Waals surface area contributed by atoms with Crippen molar-refractivity contribution < 1.29 is 26.7 Å². The molecule has 1 N–H and O–H groups in total. The van der Waals surface area contributed by atoms with Gasteiger partial charge in [0.15, 0.2) is 11.5 Å². The zero-order valence-corrected chi connectivity index (χ0v) is 15.4. The van der Waals surface area contributed by atoms with Gasteiger partial charge in [-0.3, -0.25) is 0 Å². The number of rotatable bonds is 6. The van der Waals surface area contributed by atoms with Gasteiger partial charge in [-0.1, -0.05) is 6.07 Å². The Bertz CT molecular complexity index is 926. The molecule has 140 valence electrons. The topological polar surface area (TPSA) is 64.6 Å². The Hall–Kier alpha value is -2.19. The number of aryl methyl sites for hydroxylation is 1. The minimum absolute atomic E-state index is 0.0369. The molecule has 1 aliphatic carbocycles. The summed E-state index contributed by atoms with van der Waals surface area (Å²) in [5, 5.41) is 0. The Morgan fingerprint density at radius 2 is 1.65 bits per heavy atom. The molecular weight excluding hydrogens is 364 g/mol. The number of sulfonamides is 1. The van der Waals surface area contributed by atoms with Crippen LogP contribution in [0.5, 0.6) is 11.5 Å². The van der Waals surface area contributed by atoms with Crippen LogP contribution in [0.3, 0.4) is 0 Å². The van der Waals surface area contributed by atoms with Gasteiger partial charge in [-0.2, -0.15) is 0 Å². The van der Waals surface area contributed by atoms with E-state index in [-0.39, 0.29) is 16.2 Å². The second-order valence-electron chi connectivity index (χ2n) is 6.18. The Morgan fingerprint density at radius 1 is 1.08 bits per heavy atom. The van der Waals surface area contributed by atoms with Crippen molar-refractivity contribution in [2.24, 2.45) is 0 Å². The summed E-state index contributed by atoms with van der Waals surface area (Å²) in [6.07, 6.45) is 0.337. The molecule has 0 bridgehead atoms. The molecule has 5 nitrogen and oxygen atoms in total. The molecule has 0 heterocycles. The summed E-state index contributed by atoms with van der Waals surface area (Å²) < 4.78 is 66.0. The van der Waals surface area contributed by atoms with Crippen LogP contribution in [0.25, 0.3) is 0 Å². The molecule has 0 spiro atoms. The fraction of sp³-hybridized carbons (Fsp3) is 0.333. The lowest BCUT2D eigenvalue weighted by atomic mass is 10.1. The van der Waals surface area contributed by atoms with Gasteiger partial charge in [-0.15, -0.1) is 0 Å². The van der Waals surface area contributed by atoms with Crippen LogP contribution in [-0.2, 0) is 10.0 Å². The molecule has 8 heteroatoms. The maximum Gasteiger partial charge on any atom is 0.241 e. The largest absolute Gasteiger partial charge is 0.493 e. The summed E-state index contributed by atoms with van der Waals surface area (Å²) >= 11 is 0. The van der Waals surface area contributed by atoms with E-state index in [0.717, 1.165) is 0 Å². The molecule has 0 unspecified atom stereocenters. The van der Waals surface area contributed by atoms with Crippen LogP contribution in [-0.4, -0.2) is 28.7 Å². The molecular formula is C18H19F2NO4S. The van der Waals surface area contributed by atoms with Crippen molar-refractivity contribution in [2.45, 2.75) is 30.2 Å². The zero-order valence-electron chi connectivity index (χ0n) is 14.5. The number of methoxy groups -OCH3 is 2. The molecule has 0 amide bonds. The summed E-state index contributed by atoms with van der Waals surface area (Å²) in [7, 11) is -1.01. The maximum absolute atomic E-state index is 13.9. The summed E-state index contributed by atoms with van der Waals surface area (Å²) in [4.78, 5) is 0.0369. The first-order chi connectivity index (χ1) is 12.3. The highest BCUT2D eigenvalue weighted by molar-refractivity contribution is 7.89. The van der Waals surface area contributed by atoms with Crippen molar-refractivity contribution in [1.82, 2.24) is 4.72 Å². The lowest BCUT2D eigenvalue weighted by Crippen LogP contribution is -2.27. The van der Waals surface area contributed by atoms with E-state index in [0.29, 0.717) is 17.7 Å². The summed E-state index contributed by atoms with van der Waals surface area (Å²) in [5.74, 6) is -1.16. The van der Waals surface area contributed by atoms with Gasteiger partial charge in [0.05, 0.1) is 19.1 Å². The highest BCUT2D eigenvalue weighted by Crippen LogP contribution is 2.44. The van der Waals surface area contributed by atoms with Crippen LogP contribution in [0.1, 0.15) is 23.5 Å². The Kier molecular flexibility index (Phi) is 4.90. The number of hydrogen-bond acceptors (Lipinski definition) is 4.